The molecule has 0 bridgehead atoms. The Morgan fingerprint density at radius 3 is 2.63 bits per heavy atom. The molecule has 1 aliphatic carbocycles. The molecular formula is C18H17ClN4O4. The molecule has 0 heterocycles. The Labute approximate surface area is 160 Å². The summed E-state index contributed by atoms with van der Waals surface area (Å²) in [5, 5.41) is 19.3. The van der Waals surface area contributed by atoms with E-state index in [0.29, 0.717) is 16.9 Å². The molecule has 0 spiro atoms. The topological polar surface area (TPSA) is 113 Å². The van der Waals surface area contributed by atoms with E-state index in [1.54, 1.807) is 30.3 Å². The number of para-hydroxylation sites is 1. The Balaban J connectivity index is 1.62. The summed E-state index contributed by atoms with van der Waals surface area (Å²) in [6, 6.07) is 11.1. The number of amides is 2. The highest BCUT2D eigenvalue weighted by Gasteiger charge is 2.25. The Kier molecular flexibility index (Phi) is 5.56. The highest BCUT2D eigenvalue weighted by atomic mass is 35.5. The van der Waals surface area contributed by atoms with E-state index >= 15 is 0 Å². The smallest absolute Gasteiger partial charge is 0.289 e. The molecule has 8 nitrogen and oxygen atoms in total. The molecule has 0 saturated heterocycles. The fourth-order valence-corrected chi connectivity index (χ4v) is 2.61. The molecule has 3 N–H and O–H groups in total. The highest BCUT2D eigenvalue weighted by molar-refractivity contribution is 6.32. The average Bonchev–Trinajstić information content (AvgIpc) is 3.45. The standard InChI is InChI=1S/C18H17ClN4O4/c19-14-8-7-12(9-16(14)23(26)27)20-10-17(24)22-15-4-2-1-3-13(15)18(25)21-11-5-6-11/h1-4,7-9,11,20H,5-6,10H2,(H,21,25)(H,22,24). The Bertz CT molecular complexity index is 899. The summed E-state index contributed by atoms with van der Waals surface area (Å²) in [6.07, 6.45) is 1.94. The van der Waals surface area contributed by atoms with Crippen LogP contribution in [0.1, 0.15) is 23.2 Å². The molecule has 3 rings (SSSR count). The number of hydrogen-bond donors (Lipinski definition) is 3. The van der Waals surface area contributed by atoms with Gasteiger partial charge in [-0.05, 0) is 37.1 Å². The number of anilines is 2. The van der Waals surface area contributed by atoms with E-state index in [9.17, 15) is 19.7 Å². The van der Waals surface area contributed by atoms with Gasteiger partial charge in [0.2, 0.25) is 5.91 Å². The van der Waals surface area contributed by atoms with E-state index in [1.807, 2.05) is 0 Å². The third-order valence-corrected chi connectivity index (χ3v) is 4.27. The summed E-state index contributed by atoms with van der Waals surface area (Å²) in [5.41, 5.74) is 0.939. The van der Waals surface area contributed by atoms with E-state index in [-0.39, 0.29) is 35.1 Å². The lowest BCUT2D eigenvalue weighted by Gasteiger charge is -2.12. The van der Waals surface area contributed by atoms with Gasteiger partial charge in [-0.15, -0.1) is 0 Å². The van der Waals surface area contributed by atoms with Gasteiger partial charge in [-0.1, -0.05) is 23.7 Å². The van der Waals surface area contributed by atoms with Crippen molar-refractivity contribution in [1.29, 1.82) is 0 Å². The van der Waals surface area contributed by atoms with Gasteiger partial charge in [-0.2, -0.15) is 0 Å². The molecule has 0 unspecified atom stereocenters. The number of benzene rings is 2. The average molecular weight is 389 g/mol. The van der Waals surface area contributed by atoms with Gasteiger partial charge >= 0.3 is 0 Å². The molecular weight excluding hydrogens is 372 g/mol. The molecule has 9 heteroatoms. The molecule has 2 aromatic rings. The SMILES string of the molecule is O=C(CNc1ccc(Cl)c([N+](=O)[O-])c1)Nc1ccccc1C(=O)NC1CC1. The number of hydrogen-bond acceptors (Lipinski definition) is 5. The molecule has 0 radical (unpaired) electrons. The van der Waals surface area contributed by atoms with Crippen LogP contribution in [-0.4, -0.2) is 29.3 Å². The number of rotatable bonds is 7. The fraction of sp³-hybridized carbons (Fsp3) is 0.222. The van der Waals surface area contributed by atoms with Crippen LogP contribution in [0.25, 0.3) is 0 Å². The lowest BCUT2D eigenvalue weighted by atomic mass is 10.1. The van der Waals surface area contributed by atoms with Gasteiger partial charge in [0, 0.05) is 17.8 Å². The molecule has 1 saturated carbocycles. The van der Waals surface area contributed by atoms with Gasteiger partial charge in [0.15, 0.2) is 0 Å². The second kappa shape index (κ2) is 8.05. The predicted molar refractivity (Wildman–Crippen MR) is 102 cm³/mol. The number of nitro groups is 1. The maximum atomic E-state index is 12.3. The van der Waals surface area contributed by atoms with Crippen LogP contribution in [0.4, 0.5) is 17.1 Å². The molecule has 1 aliphatic rings. The minimum atomic E-state index is -0.595. The van der Waals surface area contributed by atoms with Crippen LogP contribution >= 0.6 is 11.6 Å². The molecule has 0 aliphatic heterocycles. The number of carbonyl (C=O) groups is 2. The lowest BCUT2D eigenvalue weighted by molar-refractivity contribution is -0.384. The summed E-state index contributed by atoms with van der Waals surface area (Å²) in [5.74, 6) is -0.617. The van der Waals surface area contributed by atoms with Crippen LogP contribution in [0.5, 0.6) is 0 Å². The van der Waals surface area contributed by atoms with Gasteiger partial charge in [-0.3, -0.25) is 19.7 Å². The lowest BCUT2D eigenvalue weighted by Crippen LogP contribution is -2.28. The Morgan fingerprint density at radius 1 is 1.19 bits per heavy atom. The molecule has 140 valence electrons. The highest BCUT2D eigenvalue weighted by Crippen LogP contribution is 2.27. The van der Waals surface area contributed by atoms with Crippen LogP contribution in [0, 0.1) is 10.1 Å². The second-order valence-electron chi connectivity index (χ2n) is 6.12. The summed E-state index contributed by atoms with van der Waals surface area (Å²) in [4.78, 5) is 34.8. The van der Waals surface area contributed by atoms with Gasteiger partial charge in [-0.25, -0.2) is 0 Å². The zero-order chi connectivity index (χ0) is 19.4. The van der Waals surface area contributed by atoms with Gasteiger partial charge < -0.3 is 16.0 Å². The molecule has 2 amide bonds. The Morgan fingerprint density at radius 2 is 1.93 bits per heavy atom. The van der Waals surface area contributed by atoms with Crippen molar-refractivity contribution in [3.8, 4) is 0 Å². The van der Waals surface area contributed by atoms with Crippen LogP contribution < -0.4 is 16.0 Å². The predicted octanol–water partition coefficient (Wildman–Crippen LogP) is 3.19. The number of nitro benzene ring substituents is 1. The summed E-state index contributed by atoms with van der Waals surface area (Å²) in [7, 11) is 0. The van der Waals surface area contributed by atoms with Crippen molar-refractivity contribution in [2.75, 3.05) is 17.2 Å². The maximum absolute atomic E-state index is 12.3. The third-order valence-electron chi connectivity index (χ3n) is 3.95. The van der Waals surface area contributed by atoms with E-state index in [1.165, 1.54) is 12.1 Å². The van der Waals surface area contributed by atoms with Crippen LogP contribution in [0.3, 0.4) is 0 Å². The third kappa shape index (κ3) is 4.95. The maximum Gasteiger partial charge on any atom is 0.289 e. The summed E-state index contributed by atoms with van der Waals surface area (Å²) >= 11 is 5.76. The van der Waals surface area contributed by atoms with Gasteiger partial charge in [0.1, 0.15) is 5.02 Å². The fourth-order valence-electron chi connectivity index (χ4n) is 2.42. The first-order chi connectivity index (χ1) is 12.9. The molecule has 0 atom stereocenters. The molecule has 0 aromatic heterocycles. The normalized spacial score (nSPS) is 12.9. The quantitative estimate of drug-likeness (QED) is 0.498. The first kappa shape index (κ1) is 18.7. The van der Waals surface area contributed by atoms with Crippen molar-refractivity contribution in [1.82, 2.24) is 5.32 Å². The largest absolute Gasteiger partial charge is 0.376 e. The van der Waals surface area contributed by atoms with E-state index in [2.05, 4.69) is 16.0 Å². The van der Waals surface area contributed by atoms with Crippen molar-refractivity contribution in [2.45, 2.75) is 18.9 Å². The van der Waals surface area contributed by atoms with Crippen LogP contribution in [0.2, 0.25) is 5.02 Å². The number of nitrogens with zero attached hydrogens (tertiary/aromatic N) is 1. The summed E-state index contributed by atoms with van der Waals surface area (Å²) < 4.78 is 0. The zero-order valence-electron chi connectivity index (χ0n) is 14.2. The van der Waals surface area contributed by atoms with Crippen molar-refractivity contribution in [3.63, 3.8) is 0 Å². The minimum absolute atomic E-state index is 0.0191. The number of halogens is 1. The van der Waals surface area contributed by atoms with Gasteiger partial charge in [0.05, 0.1) is 22.7 Å². The van der Waals surface area contributed by atoms with Crippen LogP contribution in [-0.2, 0) is 4.79 Å². The zero-order valence-corrected chi connectivity index (χ0v) is 15.0. The Hall–Kier alpha value is -3.13. The van der Waals surface area contributed by atoms with Crippen molar-refractivity contribution >= 4 is 40.5 Å². The van der Waals surface area contributed by atoms with E-state index in [0.717, 1.165) is 12.8 Å². The van der Waals surface area contributed by atoms with Crippen LogP contribution in [0.15, 0.2) is 42.5 Å². The van der Waals surface area contributed by atoms with E-state index < -0.39 is 4.92 Å². The second-order valence-corrected chi connectivity index (χ2v) is 6.53. The summed E-state index contributed by atoms with van der Waals surface area (Å²) in [6.45, 7) is -0.128. The first-order valence-electron chi connectivity index (χ1n) is 8.31. The molecule has 27 heavy (non-hydrogen) atoms. The molecule has 2 aromatic carbocycles. The van der Waals surface area contributed by atoms with Gasteiger partial charge in [0.25, 0.3) is 11.6 Å². The first-order valence-corrected chi connectivity index (χ1v) is 8.69. The van der Waals surface area contributed by atoms with E-state index in [4.69, 9.17) is 11.6 Å². The van der Waals surface area contributed by atoms with Crippen molar-refractivity contribution < 1.29 is 14.5 Å². The van der Waals surface area contributed by atoms with Crippen molar-refractivity contribution in [3.05, 3.63) is 63.2 Å². The number of nitrogens with one attached hydrogen (secondary N) is 3. The minimum Gasteiger partial charge on any atom is -0.376 e. The monoisotopic (exact) mass is 388 g/mol. The van der Waals surface area contributed by atoms with Crippen molar-refractivity contribution in [2.24, 2.45) is 0 Å². The molecule has 1 fully saturated rings. The number of carbonyl (C=O) groups excluding carboxylic acids is 2.